The maximum Gasteiger partial charge on any atom is 0.235 e. The predicted molar refractivity (Wildman–Crippen MR) is 118 cm³/mol. The highest BCUT2D eigenvalue weighted by atomic mass is 16.2. The van der Waals surface area contributed by atoms with Gasteiger partial charge < -0.3 is 9.88 Å². The molecule has 5 rings (SSSR count). The monoisotopic (exact) mass is 411 g/mol. The van der Waals surface area contributed by atoms with Gasteiger partial charge in [0.05, 0.1) is 29.2 Å². The molecule has 1 aliphatic rings. The van der Waals surface area contributed by atoms with E-state index in [0.717, 1.165) is 22.4 Å². The molecule has 0 aliphatic carbocycles. The lowest BCUT2D eigenvalue weighted by molar-refractivity contribution is -0.127. The van der Waals surface area contributed by atoms with Crippen molar-refractivity contribution < 1.29 is 9.59 Å². The van der Waals surface area contributed by atoms with Gasteiger partial charge in [-0.15, -0.1) is 0 Å². The zero-order valence-corrected chi connectivity index (χ0v) is 16.8. The number of hydrogen-bond donors (Lipinski definition) is 1. The molecule has 1 unspecified atom stereocenters. The molecule has 0 bridgehead atoms. The van der Waals surface area contributed by atoms with Gasteiger partial charge in [0.25, 0.3) is 0 Å². The summed E-state index contributed by atoms with van der Waals surface area (Å²) in [6.45, 7) is 0.718. The van der Waals surface area contributed by atoms with Crippen LogP contribution in [0.1, 0.15) is 12.1 Å². The lowest BCUT2D eigenvalue weighted by atomic mass is 10.0. The second-order valence-electron chi connectivity index (χ2n) is 7.57. The number of fused-ring (bicyclic) bond motifs is 3. The quantitative estimate of drug-likeness (QED) is 0.544. The Morgan fingerprint density at radius 1 is 1.00 bits per heavy atom. The van der Waals surface area contributed by atoms with Gasteiger partial charge in [0.1, 0.15) is 0 Å². The summed E-state index contributed by atoms with van der Waals surface area (Å²) in [6, 6.07) is 22.7. The molecule has 2 aromatic carbocycles. The lowest BCUT2D eigenvalue weighted by Crippen LogP contribution is -2.44. The summed E-state index contributed by atoms with van der Waals surface area (Å²) in [5.74, 6) is -0.194. The van der Waals surface area contributed by atoms with Crippen molar-refractivity contribution in [2.24, 2.45) is 5.92 Å². The Kier molecular flexibility index (Phi) is 4.92. The summed E-state index contributed by atoms with van der Waals surface area (Å²) >= 11 is 0. The highest BCUT2D eigenvalue weighted by Crippen LogP contribution is 2.32. The summed E-state index contributed by atoms with van der Waals surface area (Å²) in [7, 11) is 0. The van der Waals surface area contributed by atoms with Gasteiger partial charge >= 0.3 is 0 Å². The summed E-state index contributed by atoms with van der Waals surface area (Å²) < 4.78 is 2.03. The lowest BCUT2D eigenvalue weighted by Gasteiger charge is -2.32. The first-order valence-electron chi connectivity index (χ1n) is 10.2. The first-order valence-corrected chi connectivity index (χ1v) is 10.2. The van der Waals surface area contributed by atoms with E-state index in [1.807, 2.05) is 77.4 Å². The van der Waals surface area contributed by atoms with E-state index in [-0.39, 0.29) is 18.2 Å². The Morgan fingerprint density at radius 2 is 1.77 bits per heavy atom. The van der Waals surface area contributed by atoms with Gasteiger partial charge in [-0.1, -0.05) is 36.4 Å². The first kappa shape index (κ1) is 19.0. The molecule has 4 aromatic rings. The molecular weight excluding hydrogens is 390 g/mol. The number of carbonyl (C=O) groups is 2. The Morgan fingerprint density at radius 3 is 2.58 bits per heavy atom. The topological polar surface area (TPSA) is 80.1 Å². The summed E-state index contributed by atoms with van der Waals surface area (Å²) in [5, 5.41) is 2.88. The number of nitrogens with one attached hydrogen (secondary N) is 1. The van der Waals surface area contributed by atoms with E-state index in [0.29, 0.717) is 19.0 Å². The zero-order chi connectivity index (χ0) is 21.2. The average molecular weight is 411 g/mol. The average Bonchev–Trinajstić information content (AvgIpc) is 3.16. The van der Waals surface area contributed by atoms with Crippen LogP contribution in [0.2, 0.25) is 0 Å². The van der Waals surface area contributed by atoms with Gasteiger partial charge in [0.15, 0.2) is 0 Å². The molecule has 0 radical (unpaired) electrons. The smallest absolute Gasteiger partial charge is 0.235 e. The van der Waals surface area contributed by atoms with Crippen LogP contribution in [0, 0.1) is 5.92 Å². The predicted octanol–water partition coefficient (Wildman–Crippen LogP) is 3.62. The molecule has 154 valence electrons. The number of imidazole rings is 1. The van der Waals surface area contributed by atoms with E-state index >= 15 is 0 Å². The highest BCUT2D eigenvalue weighted by molar-refractivity contribution is 6.01. The molecule has 3 heterocycles. The van der Waals surface area contributed by atoms with Crippen molar-refractivity contribution in [1.29, 1.82) is 0 Å². The van der Waals surface area contributed by atoms with Crippen molar-refractivity contribution >= 4 is 34.5 Å². The van der Waals surface area contributed by atoms with Crippen LogP contribution >= 0.6 is 0 Å². The number of benzene rings is 2. The molecule has 0 saturated carbocycles. The summed E-state index contributed by atoms with van der Waals surface area (Å²) in [5.41, 5.74) is 3.26. The minimum atomic E-state index is -0.488. The van der Waals surface area contributed by atoms with Crippen molar-refractivity contribution in [3.63, 3.8) is 0 Å². The Bertz CT molecular complexity index is 1240. The van der Waals surface area contributed by atoms with Crippen LogP contribution in [0.4, 0.5) is 11.6 Å². The maximum atomic E-state index is 13.4. The third-order valence-corrected chi connectivity index (χ3v) is 5.43. The van der Waals surface area contributed by atoms with Crippen LogP contribution in [-0.4, -0.2) is 26.3 Å². The molecule has 2 aromatic heterocycles. The largest absolute Gasteiger partial charge is 0.326 e. The molecule has 0 fully saturated rings. The standard InChI is InChI=1S/C24H21N5O2/c30-22(26-18-8-2-1-3-9-18)14-17-15-28-21-12-5-4-11-20(21)27-24(28)29(23(17)31)16-19-10-6-7-13-25-19/h1-13,17H,14-16H2,(H,26,30). The normalized spacial score (nSPS) is 15.7. The molecular formula is C24H21N5O2. The van der Waals surface area contributed by atoms with Gasteiger partial charge in [-0.3, -0.25) is 19.5 Å². The van der Waals surface area contributed by atoms with Gasteiger partial charge in [-0.25, -0.2) is 4.98 Å². The third kappa shape index (κ3) is 3.77. The number of pyridine rings is 1. The molecule has 0 spiro atoms. The zero-order valence-electron chi connectivity index (χ0n) is 16.8. The van der Waals surface area contributed by atoms with E-state index in [1.165, 1.54) is 0 Å². The second-order valence-corrected chi connectivity index (χ2v) is 7.57. The van der Waals surface area contributed by atoms with Crippen LogP contribution < -0.4 is 10.2 Å². The molecule has 0 saturated heterocycles. The highest BCUT2D eigenvalue weighted by Gasteiger charge is 2.36. The van der Waals surface area contributed by atoms with Gasteiger partial charge in [-0.2, -0.15) is 0 Å². The number of hydrogen-bond acceptors (Lipinski definition) is 4. The molecule has 1 N–H and O–H groups in total. The number of para-hydroxylation sites is 3. The third-order valence-electron chi connectivity index (χ3n) is 5.43. The number of amides is 2. The van der Waals surface area contributed by atoms with Gasteiger partial charge in [0, 0.05) is 24.8 Å². The van der Waals surface area contributed by atoms with Gasteiger partial charge in [0.2, 0.25) is 17.8 Å². The molecule has 31 heavy (non-hydrogen) atoms. The van der Waals surface area contributed by atoms with Crippen LogP contribution in [0.25, 0.3) is 11.0 Å². The van der Waals surface area contributed by atoms with Crippen LogP contribution in [-0.2, 0) is 22.7 Å². The number of aromatic nitrogens is 3. The number of anilines is 2. The van der Waals surface area contributed by atoms with Gasteiger partial charge in [-0.05, 0) is 36.4 Å². The maximum absolute atomic E-state index is 13.4. The first-order chi connectivity index (χ1) is 15.2. The van der Waals surface area contributed by atoms with E-state index in [2.05, 4.69) is 10.3 Å². The van der Waals surface area contributed by atoms with Crippen molar-refractivity contribution in [3.8, 4) is 0 Å². The summed E-state index contributed by atoms with van der Waals surface area (Å²) in [6.07, 6.45) is 1.80. The number of rotatable bonds is 5. The SMILES string of the molecule is O=C(CC1Cn2c(nc3ccccc32)N(Cc2ccccn2)C1=O)Nc1ccccc1. The van der Waals surface area contributed by atoms with Crippen molar-refractivity contribution in [3.05, 3.63) is 84.7 Å². The van der Waals surface area contributed by atoms with Crippen molar-refractivity contribution in [2.45, 2.75) is 19.5 Å². The van der Waals surface area contributed by atoms with Crippen molar-refractivity contribution in [1.82, 2.24) is 14.5 Å². The fraction of sp³-hybridized carbons (Fsp3) is 0.167. The Hall–Kier alpha value is -4.00. The number of carbonyl (C=O) groups excluding carboxylic acids is 2. The minimum Gasteiger partial charge on any atom is -0.326 e. The van der Waals surface area contributed by atoms with Crippen LogP contribution in [0.15, 0.2) is 79.0 Å². The molecule has 1 atom stereocenters. The second kappa shape index (κ2) is 8.02. The fourth-order valence-corrected chi connectivity index (χ4v) is 3.98. The minimum absolute atomic E-state index is 0.0956. The molecule has 7 nitrogen and oxygen atoms in total. The molecule has 7 heteroatoms. The molecule has 1 aliphatic heterocycles. The number of nitrogens with zero attached hydrogens (tertiary/aromatic N) is 4. The van der Waals surface area contributed by atoms with E-state index in [1.54, 1.807) is 11.1 Å². The van der Waals surface area contributed by atoms with E-state index < -0.39 is 5.92 Å². The van der Waals surface area contributed by atoms with Crippen molar-refractivity contribution in [2.75, 3.05) is 10.2 Å². The Balaban J connectivity index is 1.46. The van der Waals surface area contributed by atoms with Crippen LogP contribution in [0.5, 0.6) is 0 Å². The fourth-order valence-electron chi connectivity index (χ4n) is 3.98. The van der Waals surface area contributed by atoms with E-state index in [9.17, 15) is 9.59 Å². The van der Waals surface area contributed by atoms with Crippen LogP contribution in [0.3, 0.4) is 0 Å². The molecule has 2 amide bonds. The summed E-state index contributed by atoms with van der Waals surface area (Å²) in [4.78, 5) is 36.8. The Labute approximate surface area is 179 Å². The van der Waals surface area contributed by atoms with E-state index in [4.69, 9.17) is 4.98 Å².